The number of nitrogens with one attached hydrogen (secondary N) is 1. The lowest BCUT2D eigenvalue weighted by Crippen LogP contribution is -2.18. The van der Waals surface area contributed by atoms with Gasteiger partial charge in [-0.15, -0.1) is 0 Å². The van der Waals surface area contributed by atoms with Gasteiger partial charge in [-0.2, -0.15) is 5.10 Å². The van der Waals surface area contributed by atoms with E-state index in [9.17, 15) is 14.9 Å². The molecule has 0 aliphatic rings. The van der Waals surface area contributed by atoms with Crippen LogP contribution in [0.1, 0.15) is 24.0 Å². The molecular weight excluding hydrogens is 358 g/mol. The van der Waals surface area contributed by atoms with Gasteiger partial charge in [0.1, 0.15) is 5.75 Å². The minimum absolute atomic E-state index is 0.0720. The Morgan fingerprint density at radius 3 is 2.85 bits per heavy atom. The Bertz CT molecular complexity index is 824. The number of nitro groups is 1. The number of carbonyl (C=O) groups is 1. The van der Waals surface area contributed by atoms with Crippen LogP contribution >= 0.6 is 11.6 Å². The number of ether oxygens (including phenoxy) is 1. The first-order valence-electron chi connectivity index (χ1n) is 7.91. The van der Waals surface area contributed by atoms with E-state index < -0.39 is 4.92 Å². The molecule has 2 aromatic carbocycles. The van der Waals surface area contributed by atoms with E-state index in [1.807, 2.05) is 6.92 Å². The van der Waals surface area contributed by atoms with Crippen LogP contribution in [0.5, 0.6) is 5.75 Å². The van der Waals surface area contributed by atoms with Crippen molar-refractivity contribution >= 4 is 29.4 Å². The zero-order valence-corrected chi connectivity index (χ0v) is 14.9. The fourth-order valence-corrected chi connectivity index (χ4v) is 2.41. The zero-order valence-electron chi connectivity index (χ0n) is 14.1. The molecule has 0 radical (unpaired) electrons. The van der Waals surface area contributed by atoms with E-state index in [2.05, 4.69) is 10.5 Å². The largest absolute Gasteiger partial charge is 0.493 e. The summed E-state index contributed by atoms with van der Waals surface area (Å²) in [5.41, 5.74) is 3.52. The van der Waals surface area contributed by atoms with Gasteiger partial charge in [0.15, 0.2) is 0 Å². The molecule has 2 rings (SSSR count). The molecule has 1 N–H and O–H groups in total. The Hall–Kier alpha value is -2.93. The number of para-hydroxylation sites is 1. The summed E-state index contributed by atoms with van der Waals surface area (Å²) in [4.78, 5) is 22.1. The Kier molecular flexibility index (Phi) is 7.11. The molecule has 26 heavy (non-hydrogen) atoms. The predicted molar refractivity (Wildman–Crippen MR) is 99.8 cm³/mol. The fraction of sp³-hybridized carbons (Fsp3) is 0.222. The number of nitrogens with zero attached hydrogens (tertiary/aromatic N) is 2. The van der Waals surface area contributed by atoms with Gasteiger partial charge in [-0.3, -0.25) is 14.9 Å². The molecule has 0 saturated carbocycles. The lowest BCUT2D eigenvalue weighted by atomic mass is 10.2. The highest BCUT2D eigenvalue weighted by Gasteiger charge is 2.10. The number of rotatable bonds is 8. The Labute approximate surface area is 155 Å². The zero-order chi connectivity index (χ0) is 18.9. The van der Waals surface area contributed by atoms with Gasteiger partial charge in [-0.25, -0.2) is 5.43 Å². The van der Waals surface area contributed by atoms with Crippen LogP contribution in [0.3, 0.4) is 0 Å². The SMILES string of the molecule is Cc1cc(Cl)ccc1OCCCC(=O)N/N=C\c1ccccc1[N+](=O)[O-]. The van der Waals surface area contributed by atoms with Crippen molar-refractivity contribution in [2.24, 2.45) is 5.10 Å². The first-order valence-corrected chi connectivity index (χ1v) is 8.29. The molecule has 1 amide bonds. The second kappa shape index (κ2) is 9.53. The number of amides is 1. The van der Waals surface area contributed by atoms with E-state index in [0.29, 0.717) is 23.6 Å². The van der Waals surface area contributed by atoms with Gasteiger partial charge in [-0.1, -0.05) is 23.7 Å². The van der Waals surface area contributed by atoms with Crippen molar-refractivity contribution in [3.05, 3.63) is 68.7 Å². The molecule has 0 aliphatic heterocycles. The molecular formula is C18H18ClN3O4. The van der Waals surface area contributed by atoms with E-state index in [1.54, 1.807) is 36.4 Å². The summed E-state index contributed by atoms with van der Waals surface area (Å²) in [5, 5.41) is 15.3. The highest BCUT2D eigenvalue weighted by atomic mass is 35.5. The van der Waals surface area contributed by atoms with E-state index in [-0.39, 0.29) is 18.0 Å². The molecule has 0 aliphatic carbocycles. The summed E-state index contributed by atoms with van der Waals surface area (Å²) in [7, 11) is 0. The van der Waals surface area contributed by atoms with Gasteiger partial charge in [-0.05, 0) is 43.2 Å². The molecule has 0 aromatic heterocycles. The predicted octanol–water partition coefficient (Wildman–Crippen LogP) is 3.87. The molecule has 0 spiro atoms. The van der Waals surface area contributed by atoms with Crippen molar-refractivity contribution in [3.8, 4) is 5.75 Å². The van der Waals surface area contributed by atoms with Crippen LogP contribution < -0.4 is 10.2 Å². The highest BCUT2D eigenvalue weighted by Crippen LogP contribution is 2.21. The van der Waals surface area contributed by atoms with Crippen molar-refractivity contribution in [2.45, 2.75) is 19.8 Å². The van der Waals surface area contributed by atoms with Crippen LogP contribution in [0.15, 0.2) is 47.6 Å². The Morgan fingerprint density at radius 2 is 2.12 bits per heavy atom. The average molecular weight is 376 g/mol. The normalized spacial score (nSPS) is 10.7. The van der Waals surface area contributed by atoms with E-state index >= 15 is 0 Å². The number of carbonyl (C=O) groups excluding carboxylic acids is 1. The van der Waals surface area contributed by atoms with Gasteiger partial charge < -0.3 is 4.74 Å². The fourth-order valence-electron chi connectivity index (χ4n) is 2.18. The molecule has 0 heterocycles. The first-order chi connectivity index (χ1) is 12.5. The summed E-state index contributed by atoms with van der Waals surface area (Å²) >= 11 is 5.88. The number of halogens is 1. The second-order valence-electron chi connectivity index (χ2n) is 5.47. The lowest BCUT2D eigenvalue weighted by molar-refractivity contribution is -0.385. The molecule has 0 atom stereocenters. The third-order valence-electron chi connectivity index (χ3n) is 3.47. The molecule has 0 bridgehead atoms. The smallest absolute Gasteiger partial charge is 0.278 e. The number of hydrogen-bond donors (Lipinski definition) is 1. The minimum Gasteiger partial charge on any atom is -0.493 e. The standard InChI is InChI=1S/C18H18ClN3O4/c1-13-11-15(19)8-9-17(13)26-10-4-7-18(23)21-20-12-14-5-2-3-6-16(14)22(24)25/h2-3,5-6,8-9,11-12H,4,7,10H2,1H3,(H,21,23)/b20-12-. The number of nitro benzene ring substituents is 1. The molecule has 8 heteroatoms. The molecule has 0 fully saturated rings. The monoisotopic (exact) mass is 375 g/mol. The Balaban J connectivity index is 1.75. The van der Waals surface area contributed by atoms with Crippen LogP contribution in [0, 0.1) is 17.0 Å². The summed E-state index contributed by atoms with van der Waals surface area (Å²) in [6.07, 6.45) is 1.99. The van der Waals surface area contributed by atoms with E-state index in [1.165, 1.54) is 12.3 Å². The second-order valence-corrected chi connectivity index (χ2v) is 5.91. The topological polar surface area (TPSA) is 93.8 Å². The summed E-state index contributed by atoms with van der Waals surface area (Å²) in [5.74, 6) is 0.431. The van der Waals surface area contributed by atoms with Crippen molar-refractivity contribution in [2.75, 3.05) is 6.61 Å². The minimum atomic E-state index is -0.501. The van der Waals surface area contributed by atoms with Gasteiger partial charge in [0.05, 0.1) is 23.3 Å². The van der Waals surface area contributed by atoms with Crippen molar-refractivity contribution in [1.82, 2.24) is 5.43 Å². The third-order valence-corrected chi connectivity index (χ3v) is 3.70. The maximum atomic E-state index is 11.7. The summed E-state index contributed by atoms with van der Waals surface area (Å²) in [6, 6.07) is 11.5. The van der Waals surface area contributed by atoms with Gasteiger partial charge in [0.2, 0.25) is 5.91 Å². The van der Waals surface area contributed by atoms with Crippen LogP contribution in [-0.2, 0) is 4.79 Å². The van der Waals surface area contributed by atoms with Crippen molar-refractivity contribution < 1.29 is 14.5 Å². The van der Waals surface area contributed by atoms with Crippen LogP contribution in [0.25, 0.3) is 0 Å². The Morgan fingerprint density at radius 1 is 1.35 bits per heavy atom. The number of hydrazone groups is 1. The van der Waals surface area contributed by atoms with Gasteiger partial charge in [0.25, 0.3) is 5.69 Å². The maximum absolute atomic E-state index is 11.7. The number of hydrogen-bond acceptors (Lipinski definition) is 5. The van der Waals surface area contributed by atoms with Crippen LogP contribution in [-0.4, -0.2) is 23.7 Å². The van der Waals surface area contributed by atoms with Gasteiger partial charge >= 0.3 is 0 Å². The van der Waals surface area contributed by atoms with Crippen LogP contribution in [0.2, 0.25) is 5.02 Å². The van der Waals surface area contributed by atoms with E-state index in [0.717, 1.165) is 11.3 Å². The maximum Gasteiger partial charge on any atom is 0.278 e. The van der Waals surface area contributed by atoms with Crippen molar-refractivity contribution in [3.63, 3.8) is 0 Å². The average Bonchev–Trinajstić information content (AvgIpc) is 2.60. The summed E-state index contributed by atoms with van der Waals surface area (Å²) < 4.78 is 5.61. The van der Waals surface area contributed by atoms with Crippen LogP contribution in [0.4, 0.5) is 5.69 Å². The molecule has 0 unspecified atom stereocenters. The molecule has 0 saturated heterocycles. The summed E-state index contributed by atoms with van der Waals surface area (Å²) in [6.45, 7) is 2.27. The number of benzene rings is 2. The molecule has 136 valence electrons. The quantitative estimate of drug-likeness (QED) is 0.328. The van der Waals surface area contributed by atoms with Crippen molar-refractivity contribution in [1.29, 1.82) is 0 Å². The van der Waals surface area contributed by atoms with Gasteiger partial charge in [0, 0.05) is 17.5 Å². The first kappa shape index (κ1) is 19.4. The van der Waals surface area contributed by atoms with E-state index in [4.69, 9.17) is 16.3 Å². The lowest BCUT2D eigenvalue weighted by Gasteiger charge is -2.08. The highest BCUT2D eigenvalue weighted by molar-refractivity contribution is 6.30. The molecule has 2 aromatic rings. The number of aryl methyl sites for hydroxylation is 1. The third kappa shape index (κ3) is 5.86. The molecule has 7 nitrogen and oxygen atoms in total.